The Kier molecular flexibility index (Phi) is 6.61. The van der Waals surface area contributed by atoms with Crippen LogP contribution in [0.2, 0.25) is 0 Å². The van der Waals surface area contributed by atoms with E-state index in [1.54, 1.807) is 12.1 Å². The van der Waals surface area contributed by atoms with E-state index in [1.807, 2.05) is 17.0 Å². The van der Waals surface area contributed by atoms with E-state index >= 15 is 0 Å². The maximum absolute atomic E-state index is 13.2. The largest absolute Gasteiger partial charge is 0.508 e. The molecule has 0 saturated heterocycles. The molecule has 1 aliphatic heterocycles. The lowest BCUT2D eigenvalue weighted by Gasteiger charge is -2.29. The van der Waals surface area contributed by atoms with E-state index < -0.39 is 5.91 Å². The summed E-state index contributed by atoms with van der Waals surface area (Å²) in [5.41, 5.74) is 8.01. The molecule has 0 unspecified atom stereocenters. The summed E-state index contributed by atoms with van der Waals surface area (Å²) in [4.78, 5) is 27.6. The Bertz CT molecular complexity index is 895. The highest BCUT2D eigenvalue weighted by Gasteiger charge is 2.21. The van der Waals surface area contributed by atoms with Crippen molar-refractivity contribution in [2.45, 2.75) is 12.8 Å². The highest BCUT2D eigenvalue weighted by molar-refractivity contribution is 5.95. The summed E-state index contributed by atoms with van der Waals surface area (Å²) in [5.74, 6) is -0.822. The fourth-order valence-electron chi connectivity index (χ4n) is 3.31. The van der Waals surface area contributed by atoms with E-state index in [9.17, 15) is 19.1 Å². The molecule has 0 radical (unpaired) electrons. The maximum Gasteiger partial charge on any atom is 0.241 e. The van der Waals surface area contributed by atoms with Crippen molar-refractivity contribution in [3.8, 4) is 5.75 Å². The number of hydrogen-bond donors (Lipinski definition) is 2. The van der Waals surface area contributed by atoms with Gasteiger partial charge in [0.05, 0.1) is 6.54 Å². The van der Waals surface area contributed by atoms with Crippen molar-refractivity contribution in [1.82, 2.24) is 4.90 Å². The van der Waals surface area contributed by atoms with Crippen molar-refractivity contribution < 1.29 is 19.1 Å². The molecular weight excluding hydrogens is 373 g/mol. The molecule has 1 heterocycles. The SMILES string of the molecule is NC(=O)CCN(C(=O)CN1CC=C(c2ccc(O)cc2)CC1)c1ccc(F)cc1. The summed E-state index contributed by atoms with van der Waals surface area (Å²) in [7, 11) is 0. The number of nitrogens with two attached hydrogens (primary N) is 1. The third kappa shape index (κ3) is 5.65. The molecule has 2 aromatic rings. The average molecular weight is 397 g/mol. The molecule has 3 N–H and O–H groups in total. The highest BCUT2D eigenvalue weighted by atomic mass is 19.1. The Labute approximate surface area is 169 Å². The van der Waals surface area contributed by atoms with Crippen LogP contribution in [-0.4, -0.2) is 48.0 Å². The molecule has 0 spiro atoms. The first kappa shape index (κ1) is 20.5. The van der Waals surface area contributed by atoms with Crippen molar-refractivity contribution in [2.24, 2.45) is 5.73 Å². The first-order chi connectivity index (χ1) is 13.9. The number of nitrogens with zero attached hydrogens (tertiary/aromatic N) is 2. The predicted molar refractivity (Wildman–Crippen MR) is 110 cm³/mol. The quantitative estimate of drug-likeness (QED) is 0.752. The van der Waals surface area contributed by atoms with Gasteiger partial charge in [-0.05, 0) is 54.0 Å². The fourth-order valence-corrected chi connectivity index (χ4v) is 3.31. The smallest absolute Gasteiger partial charge is 0.241 e. The molecule has 3 rings (SSSR count). The number of phenolic OH excluding ortho intramolecular Hbond substituents is 1. The third-order valence-corrected chi connectivity index (χ3v) is 4.91. The number of primary amides is 1. The second-order valence-corrected chi connectivity index (χ2v) is 7.00. The molecule has 1 aliphatic rings. The van der Waals surface area contributed by atoms with Gasteiger partial charge in [-0.15, -0.1) is 0 Å². The van der Waals surface area contributed by atoms with E-state index in [1.165, 1.54) is 34.7 Å². The van der Waals surface area contributed by atoms with Gasteiger partial charge in [0.1, 0.15) is 11.6 Å². The van der Waals surface area contributed by atoms with Crippen LogP contribution in [0.1, 0.15) is 18.4 Å². The van der Waals surface area contributed by atoms with Crippen molar-refractivity contribution >= 4 is 23.1 Å². The Balaban J connectivity index is 1.65. The summed E-state index contributed by atoms with van der Waals surface area (Å²) in [6.07, 6.45) is 2.90. The van der Waals surface area contributed by atoms with Crippen LogP contribution in [0.3, 0.4) is 0 Å². The molecule has 29 heavy (non-hydrogen) atoms. The van der Waals surface area contributed by atoms with Gasteiger partial charge in [0.25, 0.3) is 0 Å². The zero-order chi connectivity index (χ0) is 20.8. The Hall–Kier alpha value is -3.19. The van der Waals surface area contributed by atoms with Crippen LogP contribution < -0.4 is 10.6 Å². The summed E-state index contributed by atoms with van der Waals surface area (Å²) in [6.45, 7) is 1.68. The van der Waals surface area contributed by atoms with E-state index in [-0.39, 0.29) is 37.0 Å². The number of anilines is 1. The van der Waals surface area contributed by atoms with Gasteiger partial charge >= 0.3 is 0 Å². The van der Waals surface area contributed by atoms with Gasteiger partial charge in [-0.2, -0.15) is 0 Å². The van der Waals surface area contributed by atoms with Gasteiger partial charge in [0.15, 0.2) is 0 Å². The summed E-state index contributed by atoms with van der Waals surface area (Å²) < 4.78 is 13.2. The maximum atomic E-state index is 13.2. The molecule has 152 valence electrons. The summed E-state index contributed by atoms with van der Waals surface area (Å²) in [5, 5.41) is 9.42. The van der Waals surface area contributed by atoms with E-state index in [0.29, 0.717) is 18.8 Å². The van der Waals surface area contributed by atoms with E-state index in [0.717, 1.165) is 12.0 Å². The van der Waals surface area contributed by atoms with Gasteiger partial charge in [-0.3, -0.25) is 14.5 Å². The molecule has 0 aliphatic carbocycles. The number of rotatable bonds is 7. The third-order valence-electron chi connectivity index (χ3n) is 4.91. The minimum Gasteiger partial charge on any atom is -0.508 e. The number of aromatic hydroxyl groups is 1. The molecule has 2 amide bonds. The molecule has 0 bridgehead atoms. The van der Waals surface area contributed by atoms with Crippen molar-refractivity contribution in [2.75, 3.05) is 31.1 Å². The summed E-state index contributed by atoms with van der Waals surface area (Å²) in [6, 6.07) is 12.7. The standard InChI is InChI=1S/C22H24FN3O3/c23-18-3-5-19(6-4-18)26(14-11-21(24)28)22(29)15-25-12-9-17(10-13-25)16-1-7-20(27)8-2-16/h1-9,27H,10-15H2,(H2,24,28). The number of carbonyl (C=O) groups excluding carboxylic acids is 2. The number of benzene rings is 2. The number of hydrogen-bond acceptors (Lipinski definition) is 4. The minimum atomic E-state index is -0.496. The van der Waals surface area contributed by atoms with Gasteiger partial charge in [-0.1, -0.05) is 18.2 Å². The molecule has 0 fully saturated rings. The number of carbonyl (C=O) groups is 2. The number of halogens is 1. The van der Waals surface area contributed by atoms with Crippen molar-refractivity contribution in [3.63, 3.8) is 0 Å². The van der Waals surface area contributed by atoms with Gasteiger partial charge < -0.3 is 15.7 Å². The van der Waals surface area contributed by atoms with Crippen LogP contribution in [0.15, 0.2) is 54.6 Å². The van der Waals surface area contributed by atoms with Crippen LogP contribution in [0.5, 0.6) is 5.75 Å². The predicted octanol–water partition coefficient (Wildman–Crippen LogP) is 2.53. The average Bonchev–Trinajstić information content (AvgIpc) is 2.70. The molecule has 2 aromatic carbocycles. The lowest BCUT2D eigenvalue weighted by Crippen LogP contribution is -2.43. The van der Waals surface area contributed by atoms with Crippen molar-refractivity contribution in [3.05, 3.63) is 66.0 Å². The van der Waals surface area contributed by atoms with Crippen LogP contribution in [0, 0.1) is 5.82 Å². The lowest BCUT2D eigenvalue weighted by atomic mass is 9.99. The molecule has 0 aromatic heterocycles. The van der Waals surface area contributed by atoms with Gasteiger partial charge in [0.2, 0.25) is 11.8 Å². The Morgan fingerprint density at radius 2 is 1.79 bits per heavy atom. The Morgan fingerprint density at radius 1 is 1.10 bits per heavy atom. The normalized spacial score (nSPS) is 14.3. The van der Waals surface area contributed by atoms with Crippen LogP contribution in [0.4, 0.5) is 10.1 Å². The van der Waals surface area contributed by atoms with Crippen LogP contribution in [-0.2, 0) is 9.59 Å². The van der Waals surface area contributed by atoms with Gasteiger partial charge in [0, 0.05) is 31.7 Å². The van der Waals surface area contributed by atoms with Crippen LogP contribution in [0.25, 0.3) is 5.57 Å². The van der Waals surface area contributed by atoms with Gasteiger partial charge in [-0.25, -0.2) is 4.39 Å². The second-order valence-electron chi connectivity index (χ2n) is 7.00. The molecule has 6 nitrogen and oxygen atoms in total. The zero-order valence-electron chi connectivity index (χ0n) is 16.1. The minimum absolute atomic E-state index is 0.0357. The number of amides is 2. The number of phenols is 1. The van der Waals surface area contributed by atoms with E-state index in [4.69, 9.17) is 5.73 Å². The molecule has 7 heteroatoms. The first-order valence-corrected chi connectivity index (χ1v) is 9.47. The topological polar surface area (TPSA) is 86.9 Å². The monoisotopic (exact) mass is 397 g/mol. The first-order valence-electron chi connectivity index (χ1n) is 9.47. The van der Waals surface area contributed by atoms with Crippen LogP contribution >= 0.6 is 0 Å². The fraction of sp³-hybridized carbons (Fsp3) is 0.273. The van der Waals surface area contributed by atoms with E-state index in [2.05, 4.69) is 6.08 Å². The second kappa shape index (κ2) is 9.34. The van der Waals surface area contributed by atoms with Crippen molar-refractivity contribution in [1.29, 1.82) is 0 Å². The lowest BCUT2D eigenvalue weighted by molar-refractivity contribution is -0.120. The molecule has 0 atom stereocenters. The zero-order valence-corrected chi connectivity index (χ0v) is 16.1. The summed E-state index contributed by atoms with van der Waals surface area (Å²) >= 11 is 0. The highest BCUT2D eigenvalue weighted by Crippen LogP contribution is 2.24. The molecular formula is C22H24FN3O3. The molecule has 0 saturated carbocycles. The Morgan fingerprint density at radius 3 is 2.38 bits per heavy atom.